The van der Waals surface area contributed by atoms with Crippen LogP contribution in [0, 0.1) is 0 Å². The molecule has 2 aliphatic rings. The number of ether oxygens (including phenoxy) is 2. The maximum atomic E-state index is 12.6. The fraction of sp³-hybridized carbons (Fsp3) is 0.316. The van der Waals surface area contributed by atoms with Crippen molar-refractivity contribution >= 4 is 38.9 Å². The summed E-state index contributed by atoms with van der Waals surface area (Å²) in [6.07, 6.45) is 1.45. The van der Waals surface area contributed by atoms with Crippen LogP contribution in [0.2, 0.25) is 5.02 Å². The van der Waals surface area contributed by atoms with E-state index in [2.05, 4.69) is 5.32 Å². The number of nitrogens with zero attached hydrogens (tertiary/aromatic N) is 1. The summed E-state index contributed by atoms with van der Waals surface area (Å²) in [5.41, 5.74) is 1.28. The first-order valence-electron chi connectivity index (χ1n) is 8.95. The first-order chi connectivity index (χ1) is 13.4. The van der Waals surface area contributed by atoms with Gasteiger partial charge in [-0.2, -0.15) is 0 Å². The van der Waals surface area contributed by atoms with Gasteiger partial charge in [0, 0.05) is 18.3 Å². The van der Waals surface area contributed by atoms with Crippen LogP contribution in [0.5, 0.6) is 11.5 Å². The molecule has 0 unspecified atom stereocenters. The fourth-order valence-corrected chi connectivity index (χ4v) is 5.13. The molecule has 9 heteroatoms. The van der Waals surface area contributed by atoms with E-state index in [4.69, 9.17) is 21.1 Å². The zero-order valence-corrected chi connectivity index (χ0v) is 16.6. The molecule has 2 aromatic rings. The average molecular weight is 423 g/mol. The van der Waals surface area contributed by atoms with E-state index < -0.39 is 15.9 Å². The molecule has 148 valence electrons. The fourth-order valence-electron chi connectivity index (χ4n) is 3.24. The van der Waals surface area contributed by atoms with E-state index in [-0.39, 0.29) is 16.3 Å². The molecule has 0 aliphatic carbocycles. The number of carbonyl (C=O) groups excluding carboxylic acids is 1. The molecule has 1 saturated heterocycles. The maximum absolute atomic E-state index is 12.6. The summed E-state index contributed by atoms with van der Waals surface area (Å²) in [7, 11) is -3.34. The lowest BCUT2D eigenvalue weighted by atomic mass is 10.1. The molecule has 1 fully saturated rings. The average Bonchev–Trinajstić information content (AvgIpc) is 2.67. The quantitative estimate of drug-likeness (QED) is 0.820. The third-order valence-corrected chi connectivity index (χ3v) is 6.82. The third kappa shape index (κ3) is 3.74. The van der Waals surface area contributed by atoms with Gasteiger partial charge in [-0.15, -0.1) is 0 Å². The summed E-state index contributed by atoms with van der Waals surface area (Å²) < 4.78 is 36.8. The predicted octanol–water partition coefficient (Wildman–Crippen LogP) is 3.29. The van der Waals surface area contributed by atoms with Gasteiger partial charge < -0.3 is 14.8 Å². The van der Waals surface area contributed by atoms with Crippen molar-refractivity contribution in [1.29, 1.82) is 0 Å². The molecular formula is C19H19ClN2O5S. The van der Waals surface area contributed by atoms with Gasteiger partial charge in [0.1, 0.15) is 13.2 Å². The normalized spacial score (nSPS) is 17.8. The third-order valence-electron chi connectivity index (χ3n) is 4.63. The van der Waals surface area contributed by atoms with Crippen LogP contribution >= 0.6 is 11.6 Å². The summed E-state index contributed by atoms with van der Waals surface area (Å²) in [6, 6.07) is 9.80. The Morgan fingerprint density at radius 1 is 1.04 bits per heavy atom. The molecule has 0 aromatic heterocycles. The van der Waals surface area contributed by atoms with E-state index in [9.17, 15) is 13.2 Å². The minimum Gasteiger partial charge on any atom is -0.486 e. The lowest BCUT2D eigenvalue weighted by Crippen LogP contribution is -2.37. The summed E-state index contributed by atoms with van der Waals surface area (Å²) in [6.45, 7) is 1.37. The van der Waals surface area contributed by atoms with Gasteiger partial charge in [-0.1, -0.05) is 11.6 Å². The van der Waals surface area contributed by atoms with Crippen LogP contribution in [0.3, 0.4) is 0 Å². The van der Waals surface area contributed by atoms with Crippen molar-refractivity contribution in [1.82, 2.24) is 0 Å². The standard InChI is InChI=1S/C19H19ClN2O5S/c20-16-12-14(22-7-1-2-10-28(22,24)25)4-5-15(16)19(23)21-13-3-6-17-18(11-13)27-9-8-26-17/h3-6,11-12H,1-2,7-10H2,(H,21,23). The molecule has 0 bridgehead atoms. The van der Waals surface area contributed by atoms with Gasteiger partial charge in [-0.25, -0.2) is 8.42 Å². The highest BCUT2D eigenvalue weighted by molar-refractivity contribution is 7.92. The number of rotatable bonds is 3. The molecule has 2 aromatic carbocycles. The minimum absolute atomic E-state index is 0.122. The SMILES string of the molecule is O=C(Nc1ccc2c(c1)OCCO2)c1ccc(N2CCCCS2(=O)=O)cc1Cl. The van der Waals surface area contributed by atoms with Crippen molar-refractivity contribution in [2.24, 2.45) is 0 Å². The molecule has 0 atom stereocenters. The number of amides is 1. The van der Waals surface area contributed by atoms with Crippen molar-refractivity contribution in [3.05, 3.63) is 47.0 Å². The molecule has 1 N–H and O–H groups in total. The molecule has 28 heavy (non-hydrogen) atoms. The molecule has 2 aliphatic heterocycles. The van der Waals surface area contributed by atoms with Crippen LogP contribution in [-0.2, 0) is 10.0 Å². The number of nitrogens with one attached hydrogen (secondary N) is 1. The van der Waals surface area contributed by atoms with Gasteiger partial charge in [0.25, 0.3) is 5.91 Å². The molecule has 0 saturated carbocycles. The van der Waals surface area contributed by atoms with Crippen LogP contribution in [0.15, 0.2) is 36.4 Å². The molecule has 2 heterocycles. The van der Waals surface area contributed by atoms with Gasteiger partial charge in [0.15, 0.2) is 11.5 Å². The van der Waals surface area contributed by atoms with Gasteiger partial charge in [0.2, 0.25) is 10.0 Å². The zero-order chi connectivity index (χ0) is 19.7. The Balaban J connectivity index is 1.53. The summed E-state index contributed by atoms with van der Waals surface area (Å²) >= 11 is 6.29. The Morgan fingerprint density at radius 2 is 1.82 bits per heavy atom. The Morgan fingerprint density at radius 3 is 2.57 bits per heavy atom. The summed E-state index contributed by atoms with van der Waals surface area (Å²) in [4.78, 5) is 12.6. The Labute approximate surface area is 168 Å². The van der Waals surface area contributed by atoms with E-state index in [0.29, 0.717) is 49.1 Å². The molecule has 1 amide bonds. The van der Waals surface area contributed by atoms with Crippen LogP contribution in [0.1, 0.15) is 23.2 Å². The second-order valence-corrected chi connectivity index (χ2v) is 8.99. The van der Waals surface area contributed by atoms with Crippen LogP contribution in [0.25, 0.3) is 0 Å². The number of fused-ring (bicyclic) bond motifs is 1. The van der Waals surface area contributed by atoms with Crippen LogP contribution in [0.4, 0.5) is 11.4 Å². The van der Waals surface area contributed by atoms with E-state index in [1.807, 2.05) is 0 Å². The Hall–Kier alpha value is -2.45. The van der Waals surface area contributed by atoms with Crippen molar-refractivity contribution in [2.75, 3.05) is 35.1 Å². The van der Waals surface area contributed by atoms with E-state index in [1.165, 1.54) is 16.4 Å². The number of halogens is 1. The number of carbonyl (C=O) groups is 1. The molecule has 4 rings (SSSR count). The molecule has 7 nitrogen and oxygen atoms in total. The van der Waals surface area contributed by atoms with Crippen molar-refractivity contribution < 1.29 is 22.7 Å². The minimum atomic E-state index is -3.34. The number of hydrogen-bond donors (Lipinski definition) is 1. The number of sulfonamides is 1. The topological polar surface area (TPSA) is 84.9 Å². The van der Waals surface area contributed by atoms with E-state index in [1.54, 1.807) is 24.3 Å². The molecule has 0 spiro atoms. The second-order valence-electron chi connectivity index (χ2n) is 6.57. The molecule has 0 radical (unpaired) electrons. The van der Waals surface area contributed by atoms with Crippen LogP contribution < -0.4 is 19.1 Å². The van der Waals surface area contributed by atoms with Crippen molar-refractivity contribution in [3.8, 4) is 11.5 Å². The first-order valence-corrected chi connectivity index (χ1v) is 10.9. The van der Waals surface area contributed by atoms with Gasteiger partial charge in [-0.05, 0) is 43.2 Å². The highest BCUT2D eigenvalue weighted by Gasteiger charge is 2.27. The first kappa shape index (κ1) is 18.9. The number of benzene rings is 2. The Bertz CT molecular complexity index is 1020. The predicted molar refractivity (Wildman–Crippen MR) is 107 cm³/mol. The van der Waals surface area contributed by atoms with E-state index in [0.717, 1.165) is 6.42 Å². The van der Waals surface area contributed by atoms with Gasteiger partial charge in [-0.3, -0.25) is 9.10 Å². The summed E-state index contributed by atoms with van der Waals surface area (Å²) in [5.74, 6) is 0.932. The summed E-state index contributed by atoms with van der Waals surface area (Å²) in [5, 5.41) is 2.96. The monoisotopic (exact) mass is 422 g/mol. The maximum Gasteiger partial charge on any atom is 0.257 e. The van der Waals surface area contributed by atoms with Gasteiger partial charge >= 0.3 is 0 Å². The van der Waals surface area contributed by atoms with Crippen molar-refractivity contribution in [3.63, 3.8) is 0 Å². The van der Waals surface area contributed by atoms with Gasteiger partial charge in [0.05, 0.1) is 22.0 Å². The number of hydrogen-bond acceptors (Lipinski definition) is 5. The van der Waals surface area contributed by atoms with Crippen LogP contribution in [-0.4, -0.2) is 39.8 Å². The largest absolute Gasteiger partial charge is 0.486 e. The van der Waals surface area contributed by atoms with Crippen molar-refractivity contribution in [2.45, 2.75) is 12.8 Å². The highest BCUT2D eigenvalue weighted by Crippen LogP contribution is 2.33. The highest BCUT2D eigenvalue weighted by atomic mass is 35.5. The lowest BCUT2D eigenvalue weighted by Gasteiger charge is -2.28. The number of anilines is 2. The zero-order valence-electron chi connectivity index (χ0n) is 15.0. The molecular weight excluding hydrogens is 404 g/mol. The lowest BCUT2D eigenvalue weighted by molar-refractivity contribution is 0.102. The second kappa shape index (κ2) is 7.52. The Kier molecular flexibility index (Phi) is 5.07. The van der Waals surface area contributed by atoms with E-state index >= 15 is 0 Å². The smallest absolute Gasteiger partial charge is 0.257 e.